The number of fused-ring (bicyclic) bond motifs is 2. The first kappa shape index (κ1) is 21.5. The van der Waals surface area contributed by atoms with Crippen LogP contribution in [0.5, 0.6) is 0 Å². The predicted octanol–water partition coefficient (Wildman–Crippen LogP) is 1.62. The van der Waals surface area contributed by atoms with Gasteiger partial charge in [-0.3, -0.25) is 14.4 Å². The van der Waals surface area contributed by atoms with Crippen molar-refractivity contribution in [3.05, 3.63) is 44.1 Å². The number of benzene rings is 2. The van der Waals surface area contributed by atoms with E-state index in [4.69, 9.17) is 27.5 Å². The van der Waals surface area contributed by atoms with Crippen LogP contribution in [-0.4, -0.2) is 48.9 Å². The highest BCUT2D eigenvalue weighted by Gasteiger charge is 2.28. The molecule has 5 N–H and O–H groups in total. The lowest BCUT2D eigenvalue weighted by Gasteiger charge is -2.17. The largest absolute Gasteiger partial charge is 0.451 e. The molecule has 30 heavy (non-hydrogen) atoms. The molecule has 0 spiro atoms. The van der Waals surface area contributed by atoms with Crippen LogP contribution in [0, 0.1) is 6.92 Å². The summed E-state index contributed by atoms with van der Waals surface area (Å²) in [6, 6.07) is 2.87. The molecular weight excluding hydrogens is 410 g/mol. The molecular formula is C20H22ClN5O4. The third kappa shape index (κ3) is 3.81. The van der Waals surface area contributed by atoms with E-state index in [2.05, 4.69) is 10.3 Å². The smallest absolute Gasteiger partial charge is 0.255 e. The van der Waals surface area contributed by atoms with Crippen molar-refractivity contribution < 1.29 is 14.0 Å². The van der Waals surface area contributed by atoms with Crippen LogP contribution in [0.1, 0.15) is 32.7 Å². The van der Waals surface area contributed by atoms with E-state index in [0.29, 0.717) is 13.0 Å². The second kappa shape index (κ2) is 8.29. The number of halogens is 1. The molecule has 1 aromatic rings. The van der Waals surface area contributed by atoms with Gasteiger partial charge >= 0.3 is 0 Å². The highest BCUT2D eigenvalue weighted by Crippen LogP contribution is 2.35. The first-order valence-corrected chi connectivity index (χ1v) is 9.59. The second-order valence-corrected chi connectivity index (χ2v) is 7.59. The quantitative estimate of drug-likeness (QED) is 0.305. The minimum atomic E-state index is -0.737. The summed E-state index contributed by atoms with van der Waals surface area (Å²) >= 11 is 6.20. The number of nitrogens with one attached hydrogen (secondary N) is 1. The fourth-order valence-corrected chi connectivity index (χ4v) is 3.34. The first-order chi connectivity index (χ1) is 14.1. The Morgan fingerprint density at radius 3 is 2.63 bits per heavy atom. The Hall–Kier alpha value is -3.17. The van der Waals surface area contributed by atoms with Gasteiger partial charge in [0, 0.05) is 12.1 Å². The molecule has 2 amide bonds. The molecule has 2 aliphatic rings. The third-order valence-corrected chi connectivity index (χ3v) is 5.02. The Labute approximate surface area is 177 Å². The number of primary amides is 1. The number of rotatable bonds is 6. The topological polar surface area (TPSA) is 145 Å². The van der Waals surface area contributed by atoms with Crippen LogP contribution in [-0.2, 0) is 0 Å². The number of nitrogens with zero attached hydrogens (tertiary/aromatic N) is 2. The number of carbonyl (C=O) groups is 2. The predicted molar refractivity (Wildman–Crippen MR) is 115 cm³/mol. The zero-order valence-corrected chi connectivity index (χ0v) is 17.6. The van der Waals surface area contributed by atoms with E-state index < -0.39 is 17.2 Å². The second-order valence-electron chi connectivity index (χ2n) is 7.18. The maximum atomic E-state index is 12.9. The fraction of sp³-hybridized carbons (Fsp3) is 0.300. The van der Waals surface area contributed by atoms with Gasteiger partial charge in [-0.25, -0.2) is 4.98 Å². The minimum Gasteiger partial charge on any atom is -0.451 e. The van der Waals surface area contributed by atoms with E-state index in [9.17, 15) is 14.4 Å². The molecule has 1 aromatic carbocycles. The highest BCUT2D eigenvalue weighted by molar-refractivity contribution is 6.35. The Morgan fingerprint density at radius 2 is 2.00 bits per heavy atom. The maximum absolute atomic E-state index is 12.9. The summed E-state index contributed by atoms with van der Waals surface area (Å²) in [5.41, 5.74) is 11.0. The summed E-state index contributed by atoms with van der Waals surface area (Å²) in [6.45, 7) is 2.67. The molecule has 3 rings (SSSR count). The Kier molecular flexibility index (Phi) is 5.95. The lowest BCUT2D eigenvalue weighted by atomic mass is 10.00. The summed E-state index contributed by atoms with van der Waals surface area (Å²) < 4.78 is 5.84. The fourth-order valence-electron chi connectivity index (χ4n) is 3.15. The van der Waals surface area contributed by atoms with Crippen molar-refractivity contribution in [2.24, 2.45) is 5.73 Å². The summed E-state index contributed by atoms with van der Waals surface area (Å²) in [5, 5.41) is 2.93. The molecule has 0 saturated carbocycles. The van der Waals surface area contributed by atoms with Crippen LogP contribution >= 0.6 is 11.6 Å². The average Bonchev–Trinajstić information content (AvgIpc) is 2.68. The molecule has 1 heterocycles. The normalized spacial score (nSPS) is 11.4. The van der Waals surface area contributed by atoms with E-state index >= 15 is 0 Å². The molecule has 0 atom stereocenters. The zero-order chi connectivity index (χ0) is 22.2. The number of nitrogen functional groups attached to an aromatic ring is 1. The van der Waals surface area contributed by atoms with Crippen LogP contribution in [0.15, 0.2) is 21.3 Å². The van der Waals surface area contributed by atoms with Crippen molar-refractivity contribution in [3.63, 3.8) is 0 Å². The van der Waals surface area contributed by atoms with Crippen molar-refractivity contribution in [3.8, 4) is 11.5 Å². The highest BCUT2D eigenvalue weighted by atomic mass is 35.5. The standard InChI is InChI=1S/C20H22ClN5O4/c1-9-16(27)13(22)12(20(29)24-7-4-8-26(2)3)15-17(9)30-18-11(21)6-5-10(19(23)28)14(18)25-15/h5-6H,4,7-8,22H2,1-3H3,(H2,23,28)(H,24,29). The average molecular weight is 432 g/mol. The number of hydrogen-bond acceptors (Lipinski definition) is 7. The molecule has 9 nitrogen and oxygen atoms in total. The molecule has 0 unspecified atom stereocenters. The molecule has 0 saturated heterocycles. The lowest BCUT2D eigenvalue weighted by molar-refractivity contribution is 0.0952. The van der Waals surface area contributed by atoms with Crippen molar-refractivity contribution in [1.29, 1.82) is 0 Å². The van der Waals surface area contributed by atoms with Crippen LogP contribution in [0.3, 0.4) is 0 Å². The molecule has 158 valence electrons. The minimum absolute atomic E-state index is 0.0620. The van der Waals surface area contributed by atoms with Crippen molar-refractivity contribution in [2.45, 2.75) is 13.3 Å². The van der Waals surface area contributed by atoms with Gasteiger partial charge in [-0.15, -0.1) is 0 Å². The number of hydrogen-bond donors (Lipinski definition) is 3. The monoisotopic (exact) mass is 431 g/mol. The van der Waals surface area contributed by atoms with E-state index in [1.54, 1.807) is 0 Å². The number of carbonyl (C=O) groups excluding carboxylic acids is 2. The number of anilines is 1. The maximum Gasteiger partial charge on any atom is 0.255 e. The molecule has 1 aliphatic heterocycles. The van der Waals surface area contributed by atoms with E-state index in [1.165, 1.54) is 19.1 Å². The Balaban J connectivity index is 2.23. The first-order valence-electron chi connectivity index (χ1n) is 9.21. The third-order valence-electron chi connectivity index (χ3n) is 4.72. The van der Waals surface area contributed by atoms with Gasteiger partial charge in [0.1, 0.15) is 11.2 Å². The molecule has 0 radical (unpaired) electrons. The number of nitrogens with two attached hydrogens (primary N) is 2. The molecule has 1 aliphatic carbocycles. The number of aromatic nitrogens is 1. The van der Waals surface area contributed by atoms with Crippen LogP contribution in [0.25, 0.3) is 22.6 Å². The molecule has 0 bridgehead atoms. The van der Waals surface area contributed by atoms with Crippen LogP contribution in [0.2, 0.25) is 5.02 Å². The zero-order valence-electron chi connectivity index (χ0n) is 16.8. The molecule has 0 aromatic heterocycles. The van der Waals surface area contributed by atoms with Crippen LogP contribution < -0.4 is 22.2 Å². The molecule has 0 fully saturated rings. The number of amides is 2. The van der Waals surface area contributed by atoms with Crippen LogP contribution in [0.4, 0.5) is 5.69 Å². The van der Waals surface area contributed by atoms with Gasteiger partial charge in [0.15, 0.2) is 11.3 Å². The van der Waals surface area contributed by atoms with Crippen molar-refractivity contribution >= 4 is 40.2 Å². The van der Waals surface area contributed by atoms with Gasteiger partial charge in [0.25, 0.3) is 11.8 Å². The lowest BCUT2D eigenvalue weighted by Crippen LogP contribution is -2.31. The summed E-state index contributed by atoms with van der Waals surface area (Å²) in [5.74, 6) is -1.22. The van der Waals surface area contributed by atoms with Gasteiger partial charge in [0.05, 0.1) is 21.8 Å². The van der Waals surface area contributed by atoms with Gasteiger partial charge < -0.3 is 26.1 Å². The van der Waals surface area contributed by atoms with Gasteiger partial charge in [0.2, 0.25) is 5.43 Å². The van der Waals surface area contributed by atoms with Crippen molar-refractivity contribution in [1.82, 2.24) is 15.2 Å². The van der Waals surface area contributed by atoms with Gasteiger partial charge in [-0.05, 0) is 46.1 Å². The Bertz CT molecular complexity index is 1190. The SMILES string of the molecule is Cc1c2oc3c(Cl)ccc(C(N)=O)c3nc-2c(C(=O)NCCCN(C)C)c(N)c1=O. The van der Waals surface area contributed by atoms with Gasteiger partial charge in [-0.1, -0.05) is 11.6 Å². The van der Waals surface area contributed by atoms with E-state index in [1.807, 2.05) is 19.0 Å². The summed E-state index contributed by atoms with van der Waals surface area (Å²) in [4.78, 5) is 43.7. The van der Waals surface area contributed by atoms with E-state index in [-0.39, 0.29) is 50.0 Å². The van der Waals surface area contributed by atoms with E-state index in [0.717, 1.165) is 6.54 Å². The van der Waals surface area contributed by atoms with Crippen molar-refractivity contribution in [2.75, 3.05) is 32.9 Å². The Morgan fingerprint density at radius 1 is 1.30 bits per heavy atom. The summed E-state index contributed by atoms with van der Waals surface area (Å²) in [7, 11) is 3.85. The molecule has 10 heteroatoms. The summed E-state index contributed by atoms with van der Waals surface area (Å²) in [6.07, 6.45) is 0.703. The van der Waals surface area contributed by atoms with Gasteiger partial charge in [-0.2, -0.15) is 0 Å².